The second kappa shape index (κ2) is 2.05. The van der Waals surface area contributed by atoms with Crippen molar-refractivity contribution in [2.24, 2.45) is 0 Å². The molecule has 4 heteroatoms. The zero-order chi connectivity index (χ0) is 6.85. The summed E-state index contributed by atoms with van der Waals surface area (Å²) in [4.78, 5) is 21.0. The zero-order valence-corrected chi connectivity index (χ0v) is 5.10. The van der Waals surface area contributed by atoms with Gasteiger partial charge >= 0.3 is 6.03 Å². The van der Waals surface area contributed by atoms with Gasteiger partial charge in [-0.05, 0) is 6.42 Å². The minimum atomic E-state index is -0.383. The molecule has 3 amide bonds. The molecule has 0 aromatic rings. The standard InChI is InChI=1S/C5H8N2O2/c1-2-3-4(8)7-5(9)6-3/h3H,2H2,1H3,(H2,6,7,8,9). The van der Waals surface area contributed by atoms with E-state index in [1.165, 1.54) is 0 Å². The summed E-state index contributed by atoms with van der Waals surface area (Å²) >= 11 is 0. The number of hydrogen-bond acceptors (Lipinski definition) is 2. The highest BCUT2D eigenvalue weighted by Crippen LogP contribution is 1.95. The lowest BCUT2D eigenvalue weighted by Gasteiger charge is -1.98. The third-order valence-electron chi connectivity index (χ3n) is 1.27. The van der Waals surface area contributed by atoms with Gasteiger partial charge in [-0.3, -0.25) is 10.1 Å². The van der Waals surface area contributed by atoms with Crippen LogP contribution in [0.2, 0.25) is 0 Å². The predicted molar refractivity (Wildman–Crippen MR) is 30.8 cm³/mol. The highest BCUT2D eigenvalue weighted by molar-refractivity contribution is 6.04. The van der Waals surface area contributed by atoms with Crippen LogP contribution in [0, 0.1) is 0 Å². The highest BCUT2D eigenvalue weighted by Gasteiger charge is 2.26. The molecule has 1 rings (SSSR count). The van der Waals surface area contributed by atoms with Crippen LogP contribution in [0.25, 0.3) is 0 Å². The van der Waals surface area contributed by atoms with Crippen molar-refractivity contribution < 1.29 is 9.59 Å². The van der Waals surface area contributed by atoms with Crippen LogP contribution >= 0.6 is 0 Å². The first-order valence-electron chi connectivity index (χ1n) is 2.85. The Balaban J connectivity index is 2.58. The van der Waals surface area contributed by atoms with Crippen LogP contribution in [0.5, 0.6) is 0 Å². The van der Waals surface area contributed by atoms with Gasteiger partial charge in [0.15, 0.2) is 0 Å². The third kappa shape index (κ3) is 1.01. The largest absolute Gasteiger partial charge is 0.326 e. The Morgan fingerprint density at radius 3 is 2.44 bits per heavy atom. The minimum Gasteiger partial charge on any atom is -0.326 e. The maximum absolute atomic E-state index is 10.6. The molecule has 50 valence electrons. The van der Waals surface area contributed by atoms with E-state index < -0.39 is 0 Å². The number of hydrogen-bond donors (Lipinski definition) is 2. The quantitative estimate of drug-likeness (QED) is 0.472. The van der Waals surface area contributed by atoms with Crippen molar-refractivity contribution >= 4 is 11.9 Å². The van der Waals surface area contributed by atoms with Gasteiger partial charge in [0.2, 0.25) is 0 Å². The Labute approximate surface area is 52.6 Å². The highest BCUT2D eigenvalue weighted by atomic mass is 16.2. The van der Waals surface area contributed by atoms with Gasteiger partial charge in [-0.2, -0.15) is 0 Å². The first-order valence-corrected chi connectivity index (χ1v) is 2.85. The molecule has 1 aliphatic heterocycles. The second-order valence-electron chi connectivity index (χ2n) is 1.92. The Hall–Kier alpha value is -1.06. The van der Waals surface area contributed by atoms with E-state index >= 15 is 0 Å². The number of nitrogens with one attached hydrogen (secondary N) is 2. The summed E-state index contributed by atoms with van der Waals surface area (Å²) in [6, 6.07) is -0.690. The second-order valence-corrected chi connectivity index (χ2v) is 1.92. The fraction of sp³-hybridized carbons (Fsp3) is 0.600. The molecule has 1 atom stereocenters. The maximum atomic E-state index is 10.6. The lowest BCUT2D eigenvalue weighted by molar-refractivity contribution is -0.120. The molecular weight excluding hydrogens is 120 g/mol. The predicted octanol–water partition coefficient (Wildman–Crippen LogP) is -0.396. The molecule has 0 saturated carbocycles. The van der Waals surface area contributed by atoms with Crippen LogP contribution < -0.4 is 10.6 Å². The van der Waals surface area contributed by atoms with Crippen LogP contribution in [0.15, 0.2) is 0 Å². The molecule has 2 N–H and O–H groups in total. The van der Waals surface area contributed by atoms with E-state index in [1.54, 1.807) is 0 Å². The number of amides is 3. The third-order valence-corrected chi connectivity index (χ3v) is 1.27. The summed E-state index contributed by atoms with van der Waals surface area (Å²) in [5.41, 5.74) is 0. The van der Waals surface area contributed by atoms with Gasteiger partial charge in [0.05, 0.1) is 0 Å². The molecule has 0 radical (unpaired) electrons. The average Bonchev–Trinajstić information content (AvgIpc) is 2.10. The van der Waals surface area contributed by atoms with Crippen LogP contribution in [0.1, 0.15) is 13.3 Å². The summed E-state index contributed by atoms with van der Waals surface area (Å²) in [5, 5.41) is 4.58. The molecule has 0 aromatic carbocycles. The van der Waals surface area contributed by atoms with E-state index in [1.807, 2.05) is 6.92 Å². The van der Waals surface area contributed by atoms with E-state index in [2.05, 4.69) is 10.6 Å². The van der Waals surface area contributed by atoms with Crippen molar-refractivity contribution in [3.05, 3.63) is 0 Å². The number of carbonyl (C=O) groups excluding carboxylic acids is 2. The summed E-state index contributed by atoms with van der Waals surface area (Å²) in [6.45, 7) is 1.84. The molecule has 1 unspecified atom stereocenters. The molecule has 4 nitrogen and oxygen atoms in total. The normalized spacial score (nSPS) is 25.7. The van der Waals surface area contributed by atoms with Crippen LogP contribution in [-0.4, -0.2) is 18.0 Å². The van der Waals surface area contributed by atoms with Crippen LogP contribution in [0.4, 0.5) is 4.79 Å². The van der Waals surface area contributed by atoms with Crippen molar-refractivity contribution in [2.75, 3.05) is 0 Å². The van der Waals surface area contributed by atoms with Gasteiger partial charge in [-0.15, -0.1) is 0 Å². The Bertz CT molecular complexity index is 155. The van der Waals surface area contributed by atoms with E-state index in [0.29, 0.717) is 6.42 Å². The summed E-state index contributed by atoms with van der Waals surface area (Å²) in [6.07, 6.45) is 0.650. The van der Waals surface area contributed by atoms with Gasteiger partial charge in [0.1, 0.15) is 6.04 Å². The maximum Gasteiger partial charge on any atom is 0.322 e. The van der Waals surface area contributed by atoms with Crippen molar-refractivity contribution in [3.8, 4) is 0 Å². The molecular formula is C5H8N2O2. The van der Waals surface area contributed by atoms with Crippen molar-refractivity contribution in [1.29, 1.82) is 0 Å². The molecule has 1 fully saturated rings. The van der Waals surface area contributed by atoms with Crippen LogP contribution in [-0.2, 0) is 4.79 Å². The van der Waals surface area contributed by atoms with Gasteiger partial charge in [0.25, 0.3) is 5.91 Å². The lowest BCUT2D eigenvalue weighted by Crippen LogP contribution is -2.27. The SMILES string of the molecule is CCC1NC(=O)NC1=O. The monoisotopic (exact) mass is 128 g/mol. The van der Waals surface area contributed by atoms with Crippen molar-refractivity contribution in [1.82, 2.24) is 10.6 Å². The number of urea groups is 1. The summed E-state index contributed by atoms with van der Waals surface area (Å²) in [5.74, 6) is -0.220. The number of imide groups is 1. The van der Waals surface area contributed by atoms with E-state index in [4.69, 9.17) is 0 Å². The fourth-order valence-electron chi connectivity index (χ4n) is 0.746. The molecule has 0 spiro atoms. The van der Waals surface area contributed by atoms with Crippen molar-refractivity contribution in [2.45, 2.75) is 19.4 Å². The van der Waals surface area contributed by atoms with Crippen molar-refractivity contribution in [3.63, 3.8) is 0 Å². The Kier molecular flexibility index (Phi) is 1.38. The van der Waals surface area contributed by atoms with Gasteiger partial charge in [0, 0.05) is 0 Å². The van der Waals surface area contributed by atoms with Gasteiger partial charge < -0.3 is 5.32 Å². The zero-order valence-electron chi connectivity index (χ0n) is 5.10. The molecule has 0 aromatic heterocycles. The molecule has 9 heavy (non-hydrogen) atoms. The smallest absolute Gasteiger partial charge is 0.322 e. The first-order chi connectivity index (χ1) is 4.24. The fourth-order valence-corrected chi connectivity index (χ4v) is 0.746. The molecule has 0 aliphatic carbocycles. The summed E-state index contributed by atoms with van der Waals surface area (Å²) < 4.78 is 0. The lowest BCUT2D eigenvalue weighted by atomic mass is 10.2. The summed E-state index contributed by atoms with van der Waals surface area (Å²) in [7, 11) is 0. The number of rotatable bonds is 1. The van der Waals surface area contributed by atoms with E-state index in [9.17, 15) is 9.59 Å². The topological polar surface area (TPSA) is 58.2 Å². The first kappa shape index (κ1) is 6.07. The molecule has 0 bridgehead atoms. The number of carbonyl (C=O) groups is 2. The van der Waals surface area contributed by atoms with Gasteiger partial charge in [-0.25, -0.2) is 4.79 Å². The average molecular weight is 128 g/mol. The van der Waals surface area contributed by atoms with E-state index in [0.717, 1.165) is 0 Å². The minimum absolute atomic E-state index is 0.220. The van der Waals surface area contributed by atoms with Gasteiger partial charge in [-0.1, -0.05) is 6.92 Å². The molecule has 1 heterocycles. The Morgan fingerprint density at radius 1 is 1.56 bits per heavy atom. The van der Waals surface area contributed by atoms with Crippen LogP contribution in [0.3, 0.4) is 0 Å². The molecule has 1 saturated heterocycles. The van der Waals surface area contributed by atoms with E-state index in [-0.39, 0.29) is 18.0 Å². The Morgan fingerprint density at radius 2 is 2.22 bits per heavy atom. The molecule has 1 aliphatic rings.